The Hall–Kier alpha value is -0.0800. The average Bonchev–Trinajstić information content (AvgIpc) is 1.93. The van der Waals surface area contributed by atoms with Crippen molar-refractivity contribution in [3.8, 4) is 0 Å². The Bertz CT molecular complexity index is 237. The third kappa shape index (κ3) is 2.80. The molecule has 60 valence electrons. The summed E-state index contributed by atoms with van der Waals surface area (Å²) in [6.45, 7) is 2.09. The van der Waals surface area contributed by atoms with Gasteiger partial charge in [-0.3, -0.25) is 4.98 Å². The van der Waals surface area contributed by atoms with E-state index in [0.29, 0.717) is 4.83 Å². The highest BCUT2D eigenvalue weighted by atomic mass is 79.9. The second-order valence-electron chi connectivity index (χ2n) is 2.45. The second-order valence-corrected chi connectivity index (χ2v) is 4.42. The van der Waals surface area contributed by atoms with Crippen LogP contribution in [-0.2, 0) is 6.42 Å². The van der Waals surface area contributed by atoms with Gasteiger partial charge in [-0.05, 0) is 18.1 Å². The predicted molar refractivity (Wildman–Crippen MR) is 51.3 cm³/mol. The summed E-state index contributed by atoms with van der Waals surface area (Å²) in [4.78, 5) is 4.37. The molecule has 1 nitrogen and oxygen atoms in total. The molecule has 1 atom stereocenters. The van der Waals surface area contributed by atoms with Crippen LogP contribution < -0.4 is 0 Å². The SMILES string of the molecule is CC(Br)Cc1ccncc1Cl. The fourth-order valence-corrected chi connectivity index (χ4v) is 1.42. The molecule has 0 aliphatic rings. The first-order valence-electron chi connectivity index (χ1n) is 3.42. The third-order valence-electron chi connectivity index (χ3n) is 1.36. The standard InChI is InChI=1S/C8H9BrClN/c1-6(9)4-7-2-3-11-5-8(7)10/h2-3,5-6H,4H2,1H3. The van der Waals surface area contributed by atoms with E-state index in [0.717, 1.165) is 17.0 Å². The summed E-state index contributed by atoms with van der Waals surface area (Å²) in [5, 5.41) is 0.749. The van der Waals surface area contributed by atoms with E-state index in [1.54, 1.807) is 12.4 Å². The number of aromatic nitrogens is 1. The monoisotopic (exact) mass is 233 g/mol. The lowest BCUT2D eigenvalue weighted by Crippen LogP contribution is -1.97. The summed E-state index contributed by atoms with van der Waals surface area (Å²) in [5.74, 6) is 0. The first-order chi connectivity index (χ1) is 5.20. The van der Waals surface area contributed by atoms with Gasteiger partial charge in [-0.15, -0.1) is 0 Å². The fraction of sp³-hybridized carbons (Fsp3) is 0.375. The summed E-state index contributed by atoms with van der Waals surface area (Å²) in [7, 11) is 0. The molecule has 1 aromatic heterocycles. The van der Waals surface area contributed by atoms with Gasteiger partial charge in [0.2, 0.25) is 0 Å². The van der Waals surface area contributed by atoms with Gasteiger partial charge in [0, 0.05) is 17.2 Å². The molecule has 0 saturated heterocycles. The van der Waals surface area contributed by atoms with Gasteiger partial charge >= 0.3 is 0 Å². The van der Waals surface area contributed by atoms with E-state index in [-0.39, 0.29) is 0 Å². The lowest BCUT2D eigenvalue weighted by atomic mass is 10.2. The highest BCUT2D eigenvalue weighted by molar-refractivity contribution is 9.09. The molecule has 0 radical (unpaired) electrons. The average molecular weight is 235 g/mol. The van der Waals surface area contributed by atoms with Gasteiger partial charge in [0.05, 0.1) is 5.02 Å². The Morgan fingerprint density at radius 2 is 2.45 bits per heavy atom. The molecule has 1 unspecified atom stereocenters. The fourth-order valence-electron chi connectivity index (χ4n) is 0.873. The Morgan fingerprint density at radius 3 is 3.00 bits per heavy atom. The van der Waals surface area contributed by atoms with Crippen LogP contribution in [0.15, 0.2) is 18.5 Å². The highest BCUT2D eigenvalue weighted by Crippen LogP contribution is 2.17. The molecule has 0 aliphatic carbocycles. The largest absolute Gasteiger partial charge is 0.263 e. The van der Waals surface area contributed by atoms with E-state index in [2.05, 4.69) is 27.8 Å². The Labute approximate surface area is 79.9 Å². The normalized spacial score (nSPS) is 13.0. The zero-order valence-electron chi connectivity index (χ0n) is 6.22. The van der Waals surface area contributed by atoms with Gasteiger partial charge in [0.1, 0.15) is 0 Å². The second kappa shape index (κ2) is 4.07. The maximum absolute atomic E-state index is 5.88. The Morgan fingerprint density at radius 1 is 1.73 bits per heavy atom. The molecule has 0 aliphatic heterocycles. The quantitative estimate of drug-likeness (QED) is 0.717. The summed E-state index contributed by atoms with van der Waals surface area (Å²) >= 11 is 9.35. The number of pyridine rings is 1. The van der Waals surface area contributed by atoms with Crippen LogP contribution in [0.5, 0.6) is 0 Å². The van der Waals surface area contributed by atoms with Crippen molar-refractivity contribution in [2.75, 3.05) is 0 Å². The molecule has 0 amide bonds. The predicted octanol–water partition coefficient (Wildman–Crippen LogP) is 3.06. The summed E-state index contributed by atoms with van der Waals surface area (Å²) in [5.41, 5.74) is 1.14. The molecule has 0 N–H and O–H groups in total. The number of halogens is 2. The van der Waals surface area contributed by atoms with Crippen LogP contribution in [0.3, 0.4) is 0 Å². The van der Waals surface area contributed by atoms with E-state index >= 15 is 0 Å². The van der Waals surface area contributed by atoms with Crippen molar-refractivity contribution in [3.05, 3.63) is 29.0 Å². The van der Waals surface area contributed by atoms with E-state index in [4.69, 9.17) is 11.6 Å². The molecule has 0 spiro atoms. The van der Waals surface area contributed by atoms with Crippen LogP contribution in [0.25, 0.3) is 0 Å². The molecular formula is C8H9BrClN. The zero-order valence-corrected chi connectivity index (χ0v) is 8.56. The van der Waals surface area contributed by atoms with E-state index in [1.165, 1.54) is 0 Å². The molecule has 1 rings (SSSR count). The van der Waals surface area contributed by atoms with Crippen molar-refractivity contribution in [1.29, 1.82) is 0 Å². The number of rotatable bonds is 2. The minimum atomic E-state index is 0.461. The number of hydrogen-bond donors (Lipinski definition) is 0. The van der Waals surface area contributed by atoms with Crippen LogP contribution in [0.4, 0.5) is 0 Å². The van der Waals surface area contributed by atoms with Crippen molar-refractivity contribution in [2.24, 2.45) is 0 Å². The van der Waals surface area contributed by atoms with Gasteiger partial charge in [-0.25, -0.2) is 0 Å². The van der Waals surface area contributed by atoms with E-state index < -0.39 is 0 Å². The number of nitrogens with zero attached hydrogens (tertiary/aromatic N) is 1. The summed E-state index contributed by atoms with van der Waals surface area (Å²) < 4.78 is 0. The van der Waals surface area contributed by atoms with Gasteiger partial charge in [0.15, 0.2) is 0 Å². The molecular weight excluding hydrogens is 225 g/mol. The Kier molecular flexibility index (Phi) is 3.34. The molecule has 11 heavy (non-hydrogen) atoms. The van der Waals surface area contributed by atoms with Crippen molar-refractivity contribution >= 4 is 27.5 Å². The van der Waals surface area contributed by atoms with Crippen molar-refractivity contribution in [2.45, 2.75) is 18.2 Å². The molecule has 1 aromatic rings. The van der Waals surface area contributed by atoms with Gasteiger partial charge in [-0.1, -0.05) is 34.5 Å². The molecule has 1 heterocycles. The van der Waals surface area contributed by atoms with Crippen molar-refractivity contribution in [1.82, 2.24) is 4.98 Å². The minimum Gasteiger partial charge on any atom is -0.263 e. The van der Waals surface area contributed by atoms with E-state index in [1.807, 2.05) is 6.07 Å². The van der Waals surface area contributed by atoms with Crippen LogP contribution in [0.1, 0.15) is 12.5 Å². The highest BCUT2D eigenvalue weighted by Gasteiger charge is 2.02. The summed E-state index contributed by atoms with van der Waals surface area (Å²) in [6.07, 6.45) is 4.38. The topological polar surface area (TPSA) is 12.9 Å². The smallest absolute Gasteiger partial charge is 0.0621 e. The summed E-state index contributed by atoms with van der Waals surface area (Å²) in [6, 6.07) is 1.94. The van der Waals surface area contributed by atoms with Crippen LogP contribution in [-0.4, -0.2) is 9.81 Å². The first kappa shape index (κ1) is 9.01. The molecule has 0 saturated carbocycles. The molecule has 0 fully saturated rings. The zero-order chi connectivity index (χ0) is 8.27. The number of hydrogen-bond acceptors (Lipinski definition) is 1. The first-order valence-corrected chi connectivity index (χ1v) is 4.72. The van der Waals surface area contributed by atoms with Crippen molar-refractivity contribution < 1.29 is 0 Å². The third-order valence-corrected chi connectivity index (χ3v) is 2.02. The van der Waals surface area contributed by atoms with Crippen molar-refractivity contribution in [3.63, 3.8) is 0 Å². The number of alkyl halides is 1. The van der Waals surface area contributed by atoms with Gasteiger partial charge in [0.25, 0.3) is 0 Å². The lowest BCUT2D eigenvalue weighted by Gasteiger charge is -2.03. The lowest BCUT2D eigenvalue weighted by molar-refractivity contribution is 0.955. The van der Waals surface area contributed by atoms with E-state index in [9.17, 15) is 0 Å². The van der Waals surface area contributed by atoms with Gasteiger partial charge in [-0.2, -0.15) is 0 Å². The van der Waals surface area contributed by atoms with Crippen LogP contribution in [0.2, 0.25) is 5.02 Å². The maximum atomic E-state index is 5.88. The minimum absolute atomic E-state index is 0.461. The van der Waals surface area contributed by atoms with Crippen LogP contribution >= 0.6 is 27.5 Å². The Balaban J connectivity index is 2.78. The van der Waals surface area contributed by atoms with Gasteiger partial charge < -0.3 is 0 Å². The molecule has 0 aromatic carbocycles. The molecule has 3 heteroatoms. The van der Waals surface area contributed by atoms with Crippen LogP contribution in [0, 0.1) is 0 Å². The maximum Gasteiger partial charge on any atom is 0.0621 e. The molecule has 0 bridgehead atoms.